The van der Waals surface area contributed by atoms with Gasteiger partial charge in [0.05, 0.1) is 18.8 Å². The number of aliphatic hydroxyl groups excluding tert-OH is 4. The van der Waals surface area contributed by atoms with E-state index in [4.69, 9.17) is 0 Å². The molecule has 0 fully saturated rings. The Morgan fingerprint density at radius 2 is 0.577 bits per heavy atom. The number of aliphatic hydroxyl groups is 4. The molecule has 0 rings (SSSR count). The second-order valence-corrected chi connectivity index (χ2v) is 22.8. The quantitative estimate of drug-likeness (QED) is 0.0308. The third kappa shape index (κ3) is 53.7. The Bertz CT molecular complexity index is 1040. The zero-order valence-electron chi connectivity index (χ0n) is 48.3. The first-order chi connectivity index (χ1) is 35.0. The first-order valence-corrected chi connectivity index (χ1v) is 32.6. The van der Waals surface area contributed by atoms with Gasteiger partial charge in [0, 0.05) is 0 Å². The fourth-order valence-electron chi connectivity index (χ4n) is 10.6. The van der Waals surface area contributed by atoms with Gasteiger partial charge in [0.2, 0.25) is 5.91 Å². The number of hydrogen-bond donors (Lipinski definition) is 5. The molecule has 0 bridgehead atoms. The molecule has 0 aromatic rings. The minimum Gasteiger partial charge on any atom is -0.394 e. The van der Waals surface area contributed by atoms with E-state index in [0.29, 0.717) is 12.8 Å². The van der Waals surface area contributed by atoms with Gasteiger partial charge in [-0.25, -0.2) is 0 Å². The van der Waals surface area contributed by atoms with Gasteiger partial charge in [0.15, 0.2) is 0 Å². The Balaban J connectivity index is 3.56. The lowest BCUT2D eigenvalue weighted by Gasteiger charge is -2.27. The topological polar surface area (TPSA) is 110 Å². The highest BCUT2D eigenvalue weighted by molar-refractivity contribution is 5.80. The van der Waals surface area contributed by atoms with Crippen molar-refractivity contribution in [3.8, 4) is 0 Å². The van der Waals surface area contributed by atoms with Crippen molar-refractivity contribution in [2.45, 2.75) is 391 Å². The summed E-state index contributed by atoms with van der Waals surface area (Å²) in [7, 11) is 0. The monoisotopic (exact) mass is 1000 g/mol. The van der Waals surface area contributed by atoms with E-state index in [2.05, 4.69) is 31.3 Å². The Morgan fingerprint density at radius 3 is 0.845 bits per heavy atom. The summed E-state index contributed by atoms with van der Waals surface area (Å²) < 4.78 is 0. The number of unbranched alkanes of at least 4 members (excludes halogenated alkanes) is 50. The van der Waals surface area contributed by atoms with Crippen LogP contribution in [0.25, 0.3) is 0 Å². The van der Waals surface area contributed by atoms with Crippen molar-refractivity contribution in [1.82, 2.24) is 5.32 Å². The number of carbonyl (C=O) groups is 1. The molecule has 0 radical (unpaired) electrons. The van der Waals surface area contributed by atoms with Crippen molar-refractivity contribution in [2.24, 2.45) is 0 Å². The SMILES string of the molecule is CCCCCCCCCCCCCCCCCCCCCCCCCCCCC/C=C/CCCC(O)C(O)C(CO)NC(=O)C(O)CCCCCCCCCCCCCCCCCCCCCCCCC. The average molecular weight is 1000 g/mol. The molecular weight excluding hydrogens is 875 g/mol. The third-order valence-electron chi connectivity index (χ3n) is 15.7. The van der Waals surface area contributed by atoms with E-state index in [0.717, 1.165) is 38.5 Å². The fraction of sp³-hybridized carbons (Fsp3) is 0.954. The lowest BCUT2D eigenvalue weighted by molar-refractivity contribution is -0.132. The maximum absolute atomic E-state index is 12.6. The molecule has 0 aliphatic carbocycles. The Hall–Kier alpha value is -0.950. The summed E-state index contributed by atoms with van der Waals surface area (Å²) in [6.45, 7) is 4.10. The van der Waals surface area contributed by atoms with Crippen molar-refractivity contribution >= 4 is 5.91 Å². The van der Waals surface area contributed by atoms with Gasteiger partial charge in [-0.15, -0.1) is 0 Å². The predicted molar refractivity (Wildman–Crippen MR) is 311 cm³/mol. The van der Waals surface area contributed by atoms with Crippen molar-refractivity contribution < 1.29 is 25.2 Å². The number of carbonyl (C=O) groups excluding carboxylic acids is 1. The molecule has 0 heterocycles. The van der Waals surface area contributed by atoms with Crippen molar-refractivity contribution in [3.05, 3.63) is 12.2 Å². The van der Waals surface area contributed by atoms with E-state index in [1.165, 1.54) is 302 Å². The molecule has 424 valence electrons. The first-order valence-electron chi connectivity index (χ1n) is 32.6. The van der Waals surface area contributed by atoms with Crippen LogP contribution in [0.1, 0.15) is 367 Å². The number of rotatable bonds is 61. The van der Waals surface area contributed by atoms with Crippen LogP contribution < -0.4 is 5.32 Å². The molecule has 0 aliphatic rings. The van der Waals surface area contributed by atoms with E-state index in [1.807, 2.05) is 0 Å². The van der Waals surface area contributed by atoms with Gasteiger partial charge >= 0.3 is 0 Å². The third-order valence-corrected chi connectivity index (χ3v) is 15.7. The molecule has 6 heteroatoms. The maximum Gasteiger partial charge on any atom is 0.249 e. The summed E-state index contributed by atoms with van der Waals surface area (Å²) >= 11 is 0. The van der Waals surface area contributed by atoms with Gasteiger partial charge in [-0.1, -0.05) is 341 Å². The Labute approximate surface area is 444 Å². The zero-order valence-corrected chi connectivity index (χ0v) is 48.3. The second kappa shape index (κ2) is 59.9. The van der Waals surface area contributed by atoms with E-state index in [-0.39, 0.29) is 0 Å². The number of amides is 1. The molecular formula is C65H129NO5. The van der Waals surface area contributed by atoms with Crippen LogP contribution in [0, 0.1) is 0 Å². The standard InChI is InChI=1S/C65H129NO5/c1-3-5-7-9-11-13-15-17-19-21-23-25-27-28-29-30-31-32-33-34-35-37-38-40-42-44-46-48-50-52-54-56-58-62(68)64(70)61(60-67)66-65(71)63(69)59-57-55-53-51-49-47-45-43-41-39-36-26-24-22-20-18-16-14-12-10-8-6-4-2/h50,52,61-64,67-70H,3-49,51,53-60H2,1-2H3,(H,66,71)/b52-50+. The van der Waals surface area contributed by atoms with Gasteiger partial charge < -0.3 is 25.7 Å². The molecule has 0 saturated carbocycles. The van der Waals surface area contributed by atoms with Gasteiger partial charge in [-0.05, 0) is 38.5 Å². The highest BCUT2D eigenvalue weighted by Gasteiger charge is 2.28. The van der Waals surface area contributed by atoms with Gasteiger partial charge in [0.1, 0.15) is 12.2 Å². The first kappa shape index (κ1) is 70.1. The molecule has 0 aromatic carbocycles. The van der Waals surface area contributed by atoms with Crippen LogP contribution in [0.5, 0.6) is 0 Å². The van der Waals surface area contributed by atoms with Crippen molar-refractivity contribution in [2.75, 3.05) is 6.61 Å². The Kier molecular flexibility index (Phi) is 59.1. The van der Waals surface area contributed by atoms with E-state index < -0.39 is 36.9 Å². The molecule has 5 N–H and O–H groups in total. The molecule has 4 unspecified atom stereocenters. The predicted octanol–water partition coefficient (Wildman–Crippen LogP) is 19.6. The van der Waals surface area contributed by atoms with Crippen LogP contribution in [-0.2, 0) is 4.79 Å². The molecule has 0 spiro atoms. The molecule has 71 heavy (non-hydrogen) atoms. The number of nitrogens with one attached hydrogen (secondary N) is 1. The smallest absolute Gasteiger partial charge is 0.249 e. The zero-order chi connectivity index (χ0) is 51.6. The van der Waals surface area contributed by atoms with E-state index >= 15 is 0 Å². The summed E-state index contributed by atoms with van der Waals surface area (Å²) in [5.41, 5.74) is 0. The van der Waals surface area contributed by atoms with Crippen molar-refractivity contribution in [1.29, 1.82) is 0 Å². The van der Waals surface area contributed by atoms with Gasteiger partial charge in [-0.3, -0.25) is 4.79 Å². The van der Waals surface area contributed by atoms with Gasteiger partial charge in [-0.2, -0.15) is 0 Å². The van der Waals surface area contributed by atoms with Crippen LogP contribution in [0.4, 0.5) is 0 Å². The van der Waals surface area contributed by atoms with Crippen LogP contribution in [0.2, 0.25) is 0 Å². The second-order valence-electron chi connectivity index (χ2n) is 22.8. The summed E-state index contributed by atoms with van der Waals surface area (Å²) in [6, 6.07) is -1.000. The molecule has 1 amide bonds. The summed E-state index contributed by atoms with van der Waals surface area (Å²) in [5.74, 6) is -0.585. The van der Waals surface area contributed by atoms with Gasteiger partial charge in [0.25, 0.3) is 0 Å². The van der Waals surface area contributed by atoms with Crippen LogP contribution in [0.15, 0.2) is 12.2 Å². The number of hydrogen-bond acceptors (Lipinski definition) is 5. The molecule has 0 aliphatic heterocycles. The minimum atomic E-state index is -1.28. The normalized spacial score (nSPS) is 13.6. The highest BCUT2D eigenvalue weighted by atomic mass is 16.3. The lowest BCUT2D eigenvalue weighted by Crippen LogP contribution is -2.53. The van der Waals surface area contributed by atoms with Crippen LogP contribution >= 0.6 is 0 Å². The molecule has 4 atom stereocenters. The number of allylic oxidation sites excluding steroid dienone is 2. The molecule has 0 aromatic heterocycles. The van der Waals surface area contributed by atoms with E-state index in [9.17, 15) is 25.2 Å². The lowest BCUT2D eigenvalue weighted by atomic mass is 10.00. The fourth-order valence-corrected chi connectivity index (χ4v) is 10.6. The van der Waals surface area contributed by atoms with Crippen LogP contribution in [-0.4, -0.2) is 57.3 Å². The summed E-state index contributed by atoms with van der Waals surface area (Å²) in [6.07, 6.45) is 73.2. The minimum absolute atomic E-state index is 0.369. The van der Waals surface area contributed by atoms with E-state index in [1.54, 1.807) is 0 Å². The summed E-state index contributed by atoms with van der Waals surface area (Å²) in [4.78, 5) is 12.6. The molecule has 6 nitrogen and oxygen atoms in total. The average Bonchev–Trinajstić information content (AvgIpc) is 3.38. The largest absolute Gasteiger partial charge is 0.394 e. The molecule has 0 saturated heterocycles. The van der Waals surface area contributed by atoms with Crippen molar-refractivity contribution in [3.63, 3.8) is 0 Å². The summed E-state index contributed by atoms with van der Waals surface area (Å²) in [5, 5.41) is 44.1. The maximum atomic E-state index is 12.6. The Morgan fingerprint density at radius 1 is 0.338 bits per heavy atom. The highest BCUT2D eigenvalue weighted by Crippen LogP contribution is 2.19. The van der Waals surface area contributed by atoms with Crippen LogP contribution in [0.3, 0.4) is 0 Å².